The molecule has 158 valence electrons. The van der Waals surface area contributed by atoms with Gasteiger partial charge in [-0.2, -0.15) is 0 Å². The normalized spacial score (nSPS) is 16.5. The van der Waals surface area contributed by atoms with Gasteiger partial charge >= 0.3 is 6.03 Å². The van der Waals surface area contributed by atoms with Crippen LogP contribution in [0.3, 0.4) is 0 Å². The molecule has 0 bridgehead atoms. The van der Waals surface area contributed by atoms with Gasteiger partial charge in [0.2, 0.25) is 5.91 Å². The maximum Gasteiger partial charge on any atom is 0.326 e. The number of benzene rings is 2. The Labute approximate surface area is 177 Å². The van der Waals surface area contributed by atoms with Crippen LogP contribution in [0.5, 0.6) is 0 Å². The van der Waals surface area contributed by atoms with Crippen LogP contribution in [0.15, 0.2) is 60.7 Å². The number of imide groups is 1. The summed E-state index contributed by atoms with van der Waals surface area (Å²) in [6, 6.07) is 17.6. The van der Waals surface area contributed by atoms with Crippen molar-refractivity contribution in [2.45, 2.75) is 45.2 Å². The molecule has 1 aliphatic rings. The van der Waals surface area contributed by atoms with Crippen molar-refractivity contribution < 1.29 is 14.4 Å². The van der Waals surface area contributed by atoms with Gasteiger partial charge < -0.3 is 10.6 Å². The van der Waals surface area contributed by atoms with Crippen LogP contribution in [0.4, 0.5) is 4.79 Å². The molecule has 4 amide bonds. The molecule has 1 atom stereocenters. The van der Waals surface area contributed by atoms with Gasteiger partial charge in [-0.25, -0.2) is 4.79 Å². The highest BCUT2D eigenvalue weighted by molar-refractivity contribution is 6.11. The number of carbonyl (C=O) groups excluding carboxylic acids is 3. The molecule has 0 radical (unpaired) electrons. The van der Waals surface area contributed by atoms with E-state index in [4.69, 9.17) is 0 Å². The lowest BCUT2D eigenvalue weighted by molar-refractivity contribution is -0.134. The predicted octanol–water partition coefficient (Wildman–Crippen LogP) is 3.42. The highest BCUT2D eigenvalue weighted by Gasteiger charge is 2.54. The number of urea groups is 1. The third-order valence-electron chi connectivity index (χ3n) is 5.41. The van der Waals surface area contributed by atoms with Crippen molar-refractivity contribution in [2.75, 3.05) is 6.54 Å². The monoisotopic (exact) mass is 407 g/mol. The zero-order chi connectivity index (χ0) is 21.7. The van der Waals surface area contributed by atoms with Crippen molar-refractivity contribution in [1.29, 1.82) is 0 Å². The van der Waals surface area contributed by atoms with Crippen molar-refractivity contribution in [3.8, 4) is 0 Å². The maximum absolute atomic E-state index is 13.5. The molecule has 1 fully saturated rings. The smallest absolute Gasteiger partial charge is 0.326 e. The summed E-state index contributed by atoms with van der Waals surface area (Å²) in [5.41, 5.74) is -0.0334. The topological polar surface area (TPSA) is 78.5 Å². The first-order valence-corrected chi connectivity index (χ1v) is 10.4. The first-order chi connectivity index (χ1) is 14.3. The molecule has 30 heavy (non-hydrogen) atoms. The number of nitrogens with one attached hydrogen (secondary N) is 2. The van der Waals surface area contributed by atoms with Gasteiger partial charge in [-0.05, 0) is 36.8 Å². The van der Waals surface area contributed by atoms with Gasteiger partial charge in [0.05, 0.1) is 0 Å². The van der Waals surface area contributed by atoms with Crippen molar-refractivity contribution in [1.82, 2.24) is 15.5 Å². The molecule has 2 aromatic rings. The van der Waals surface area contributed by atoms with E-state index in [0.717, 1.165) is 17.7 Å². The van der Waals surface area contributed by atoms with Crippen LogP contribution in [0.25, 0.3) is 0 Å². The number of carbonyl (C=O) groups is 3. The van der Waals surface area contributed by atoms with E-state index in [1.54, 1.807) is 0 Å². The van der Waals surface area contributed by atoms with Crippen LogP contribution < -0.4 is 10.6 Å². The Bertz CT molecular complexity index is 857. The molecule has 0 saturated carbocycles. The van der Waals surface area contributed by atoms with Gasteiger partial charge in [0, 0.05) is 6.04 Å². The van der Waals surface area contributed by atoms with Crippen molar-refractivity contribution >= 4 is 17.8 Å². The molecular formula is C24H29N3O3. The van der Waals surface area contributed by atoms with Gasteiger partial charge in [-0.1, -0.05) is 74.5 Å². The summed E-state index contributed by atoms with van der Waals surface area (Å²) >= 11 is 0. The number of hydrogen-bond acceptors (Lipinski definition) is 3. The molecule has 1 heterocycles. The lowest BCUT2D eigenvalue weighted by Gasteiger charge is -2.28. The molecule has 0 aromatic heterocycles. The lowest BCUT2D eigenvalue weighted by atomic mass is 9.82. The van der Waals surface area contributed by atoms with Crippen LogP contribution >= 0.6 is 0 Å². The molecule has 0 unspecified atom stereocenters. The zero-order valence-electron chi connectivity index (χ0n) is 17.7. The van der Waals surface area contributed by atoms with Crippen LogP contribution in [0, 0.1) is 5.92 Å². The first kappa shape index (κ1) is 21.6. The predicted molar refractivity (Wildman–Crippen MR) is 116 cm³/mol. The minimum atomic E-state index is -1.34. The van der Waals surface area contributed by atoms with E-state index in [0.29, 0.717) is 17.0 Å². The third kappa shape index (κ3) is 4.37. The molecule has 1 aliphatic heterocycles. The second-order valence-electron chi connectivity index (χ2n) is 8.24. The molecule has 6 heteroatoms. The van der Waals surface area contributed by atoms with Crippen molar-refractivity contribution in [3.05, 3.63) is 71.8 Å². The molecule has 6 nitrogen and oxygen atoms in total. The molecule has 1 saturated heterocycles. The number of rotatable bonds is 8. The van der Waals surface area contributed by atoms with E-state index in [9.17, 15) is 14.4 Å². The van der Waals surface area contributed by atoms with E-state index >= 15 is 0 Å². The number of hydrogen-bond donors (Lipinski definition) is 2. The number of nitrogens with zero attached hydrogens (tertiary/aromatic N) is 1. The lowest BCUT2D eigenvalue weighted by Crippen LogP contribution is -2.46. The van der Waals surface area contributed by atoms with Gasteiger partial charge in [0.1, 0.15) is 6.54 Å². The number of amides is 4. The van der Waals surface area contributed by atoms with Gasteiger partial charge in [-0.15, -0.1) is 0 Å². The summed E-state index contributed by atoms with van der Waals surface area (Å²) in [7, 11) is 0. The molecule has 0 spiro atoms. The Hall–Kier alpha value is -3.15. The van der Waals surface area contributed by atoms with E-state index in [2.05, 4.69) is 24.5 Å². The Morgan fingerprint density at radius 2 is 1.47 bits per heavy atom. The molecule has 3 rings (SSSR count). The molecule has 2 N–H and O–H groups in total. The van der Waals surface area contributed by atoms with Gasteiger partial charge in [0.25, 0.3) is 5.91 Å². The second kappa shape index (κ2) is 9.11. The quantitative estimate of drug-likeness (QED) is 0.658. The van der Waals surface area contributed by atoms with E-state index < -0.39 is 17.5 Å². The van der Waals surface area contributed by atoms with E-state index in [1.807, 2.05) is 67.6 Å². The summed E-state index contributed by atoms with van der Waals surface area (Å²) in [6.07, 6.45) is 1.84. The zero-order valence-corrected chi connectivity index (χ0v) is 17.7. The SMILES string of the molecule is CC(C)CC[C@@H](C)NC(=O)CN1C(=O)NC(c2ccccc2)(c2ccccc2)C1=O. The van der Waals surface area contributed by atoms with E-state index in [1.165, 1.54) is 0 Å². The summed E-state index contributed by atoms with van der Waals surface area (Å²) in [6.45, 7) is 5.89. The van der Waals surface area contributed by atoms with Crippen LogP contribution in [-0.2, 0) is 15.1 Å². The van der Waals surface area contributed by atoms with Crippen molar-refractivity contribution in [2.24, 2.45) is 5.92 Å². The highest BCUT2D eigenvalue weighted by Crippen LogP contribution is 2.35. The standard InChI is InChI=1S/C24H29N3O3/c1-17(2)14-15-18(3)25-21(28)16-27-22(29)24(26-23(27)30,19-10-6-4-7-11-19)20-12-8-5-9-13-20/h4-13,17-18H,14-16H2,1-3H3,(H,25,28)(H,26,30)/t18-/m1/s1. The molecule has 2 aromatic carbocycles. The summed E-state index contributed by atoms with van der Waals surface area (Å²) in [5, 5.41) is 5.75. The third-order valence-corrected chi connectivity index (χ3v) is 5.41. The molecule has 0 aliphatic carbocycles. The second-order valence-corrected chi connectivity index (χ2v) is 8.24. The van der Waals surface area contributed by atoms with Gasteiger partial charge in [0.15, 0.2) is 5.54 Å². The Balaban J connectivity index is 1.83. The highest BCUT2D eigenvalue weighted by atomic mass is 16.2. The minimum absolute atomic E-state index is 0.0197. The molecular weight excluding hydrogens is 378 g/mol. The van der Waals surface area contributed by atoms with E-state index in [-0.39, 0.29) is 18.5 Å². The van der Waals surface area contributed by atoms with Crippen LogP contribution in [0.1, 0.15) is 44.7 Å². The van der Waals surface area contributed by atoms with Crippen molar-refractivity contribution in [3.63, 3.8) is 0 Å². The largest absolute Gasteiger partial charge is 0.352 e. The Morgan fingerprint density at radius 3 is 1.97 bits per heavy atom. The minimum Gasteiger partial charge on any atom is -0.352 e. The van der Waals surface area contributed by atoms with Crippen LogP contribution in [-0.4, -0.2) is 35.3 Å². The fourth-order valence-electron chi connectivity index (χ4n) is 3.77. The maximum atomic E-state index is 13.5. The Morgan fingerprint density at radius 1 is 0.933 bits per heavy atom. The summed E-state index contributed by atoms with van der Waals surface area (Å²) in [4.78, 5) is 39.9. The average Bonchev–Trinajstić information content (AvgIpc) is 2.99. The summed E-state index contributed by atoms with van der Waals surface area (Å²) in [5.74, 6) is -0.241. The average molecular weight is 408 g/mol. The summed E-state index contributed by atoms with van der Waals surface area (Å²) < 4.78 is 0. The Kier molecular flexibility index (Phi) is 6.55. The fraction of sp³-hybridized carbons (Fsp3) is 0.375. The van der Waals surface area contributed by atoms with Gasteiger partial charge in [-0.3, -0.25) is 14.5 Å². The van der Waals surface area contributed by atoms with Crippen LogP contribution in [0.2, 0.25) is 0 Å². The first-order valence-electron chi connectivity index (χ1n) is 10.4. The fourth-order valence-corrected chi connectivity index (χ4v) is 3.77.